The third-order valence-corrected chi connectivity index (χ3v) is 3.99. The Morgan fingerprint density at radius 1 is 1.33 bits per heavy atom. The molecule has 0 aliphatic carbocycles. The van der Waals surface area contributed by atoms with E-state index in [4.69, 9.17) is 4.74 Å². The van der Waals surface area contributed by atoms with Gasteiger partial charge in [0.15, 0.2) is 0 Å². The summed E-state index contributed by atoms with van der Waals surface area (Å²) in [5.74, 6) is 0.414. The van der Waals surface area contributed by atoms with Gasteiger partial charge in [-0.05, 0) is 29.8 Å². The van der Waals surface area contributed by atoms with Crippen LogP contribution in [0, 0.1) is 5.82 Å². The predicted octanol–water partition coefficient (Wildman–Crippen LogP) is 1.46. The predicted molar refractivity (Wildman–Crippen MR) is 88.1 cm³/mol. The number of rotatable bonds is 6. The zero-order valence-electron chi connectivity index (χ0n) is 13.3. The van der Waals surface area contributed by atoms with Crippen LogP contribution in [0.2, 0.25) is 0 Å². The molecule has 6 nitrogen and oxygen atoms in total. The number of benzene rings is 1. The Labute approximate surface area is 140 Å². The van der Waals surface area contributed by atoms with Crippen molar-refractivity contribution in [1.82, 2.24) is 15.1 Å². The molecule has 0 spiro atoms. The van der Waals surface area contributed by atoms with E-state index in [2.05, 4.69) is 20.4 Å². The Kier molecular flexibility index (Phi) is 5.68. The minimum Gasteiger partial charge on any atom is -0.387 e. The fourth-order valence-corrected chi connectivity index (χ4v) is 2.72. The summed E-state index contributed by atoms with van der Waals surface area (Å²) < 4.78 is 18.7. The minimum absolute atomic E-state index is 0.0150. The van der Waals surface area contributed by atoms with Crippen molar-refractivity contribution in [3.8, 4) is 0 Å². The van der Waals surface area contributed by atoms with Gasteiger partial charge in [-0.2, -0.15) is 5.10 Å². The van der Waals surface area contributed by atoms with Crippen molar-refractivity contribution >= 4 is 5.82 Å². The first kappa shape index (κ1) is 16.8. The molecule has 1 aliphatic heterocycles. The summed E-state index contributed by atoms with van der Waals surface area (Å²) in [6.07, 6.45) is 0.999. The summed E-state index contributed by atoms with van der Waals surface area (Å²) in [7, 11) is 0. The average molecular weight is 332 g/mol. The van der Waals surface area contributed by atoms with Crippen molar-refractivity contribution in [3.63, 3.8) is 0 Å². The first-order valence-electron chi connectivity index (χ1n) is 8.00. The topological polar surface area (TPSA) is 70.5 Å². The Balaban J connectivity index is 1.49. The number of aliphatic hydroxyl groups is 1. The molecule has 0 bridgehead atoms. The lowest BCUT2D eigenvalue weighted by Gasteiger charge is -2.34. The van der Waals surface area contributed by atoms with Crippen LogP contribution in [0.15, 0.2) is 42.6 Å². The number of anilines is 1. The highest BCUT2D eigenvalue weighted by Crippen LogP contribution is 2.17. The van der Waals surface area contributed by atoms with Crippen molar-refractivity contribution in [2.24, 2.45) is 0 Å². The molecule has 1 aromatic carbocycles. The van der Waals surface area contributed by atoms with E-state index in [-0.39, 0.29) is 11.9 Å². The molecular weight excluding hydrogens is 311 g/mol. The number of β-amino-alcohol motifs (C(OH)–C–C–N with tert-alkyl or cyclic N) is 1. The number of halogens is 1. The van der Waals surface area contributed by atoms with Gasteiger partial charge in [-0.25, -0.2) is 4.39 Å². The zero-order chi connectivity index (χ0) is 16.8. The number of hydrogen-bond donors (Lipinski definition) is 2. The number of nitrogens with one attached hydrogen (secondary N) is 1. The molecule has 0 radical (unpaired) electrons. The van der Waals surface area contributed by atoms with Gasteiger partial charge in [0, 0.05) is 32.4 Å². The fraction of sp³-hybridized carbons (Fsp3) is 0.412. The molecule has 2 atom stereocenters. The molecule has 2 aromatic rings. The van der Waals surface area contributed by atoms with Crippen LogP contribution in [-0.2, 0) is 4.74 Å². The third kappa shape index (κ3) is 4.70. The first-order chi connectivity index (χ1) is 11.7. The van der Waals surface area contributed by atoms with E-state index >= 15 is 0 Å². The monoisotopic (exact) mass is 332 g/mol. The maximum absolute atomic E-state index is 13.0. The average Bonchev–Trinajstić information content (AvgIpc) is 2.62. The Bertz CT molecular complexity index is 626. The van der Waals surface area contributed by atoms with Gasteiger partial charge in [-0.1, -0.05) is 12.1 Å². The Morgan fingerprint density at radius 3 is 2.92 bits per heavy atom. The normalized spacial score (nSPS) is 19.8. The molecule has 1 aromatic heterocycles. The largest absolute Gasteiger partial charge is 0.387 e. The molecule has 2 heterocycles. The van der Waals surface area contributed by atoms with Gasteiger partial charge in [0.1, 0.15) is 11.6 Å². The summed E-state index contributed by atoms with van der Waals surface area (Å²) in [5, 5.41) is 21.3. The van der Waals surface area contributed by atoms with Gasteiger partial charge >= 0.3 is 0 Å². The van der Waals surface area contributed by atoms with Crippen molar-refractivity contribution in [1.29, 1.82) is 0 Å². The van der Waals surface area contributed by atoms with Crippen LogP contribution in [0.4, 0.5) is 10.2 Å². The third-order valence-electron chi connectivity index (χ3n) is 3.99. The van der Waals surface area contributed by atoms with E-state index in [1.165, 1.54) is 12.1 Å². The minimum atomic E-state index is -0.641. The van der Waals surface area contributed by atoms with Crippen molar-refractivity contribution < 1.29 is 14.2 Å². The molecule has 1 fully saturated rings. The molecule has 24 heavy (non-hydrogen) atoms. The van der Waals surface area contributed by atoms with E-state index < -0.39 is 6.10 Å². The summed E-state index contributed by atoms with van der Waals surface area (Å²) in [6.45, 7) is 3.22. The van der Waals surface area contributed by atoms with Crippen molar-refractivity contribution in [2.75, 3.05) is 38.1 Å². The lowest BCUT2D eigenvalue weighted by molar-refractivity contribution is -0.0344. The van der Waals surface area contributed by atoms with Gasteiger partial charge in [0.25, 0.3) is 0 Å². The fourth-order valence-electron chi connectivity index (χ4n) is 2.72. The van der Waals surface area contributed by atoms with Crippen LogP contribution in [-0.4, -0.2) is 59.1 Å². The molecular formula is C17H21FN4O2. The molecule has 0 unspecified atom stereocenters. The van der Waals surface area contributed by atoms with Crippen molar-refractivity contribution in [2.45, 2.75) is 12.2 Å². The van der Waals surface area contributed by atoms with Crippen LogP contribution in [0.5, 0.6) is 0 Å². The lowest BCUT2D eigenvalue weighted by Crippen LogP contribution is -2.46. The van der Waals surface area contributed by atoms with Crippen LogP contribution in [0.1, 0.15) is 11.7 Å². The summed E-state index contributed by atoms with van der Waals surface area (Å²) in [4.78, 5) is 2.15. The Morgan fingerprint density at radius 2 is 2.17 bits per heavy atom. The molecule has 1 saturated heterocycles. The number of hydrogen-bond acceptors (Lipinski definition) is 6. The number of aromatic nitrogens is 2. The standard InChI is InChI=1S/C17H21FN4O2/c18-14-5-3-13(4-6-14)16(23)12-22-8-9-24-15(11-22)10-19-17-2-1-7-20-21-17/h1-7,15-16,23H,8-12H2,(H,19,21)/t15-,16-/m0/s1. The van der Waals surface area contributed by atoms with Gasteiger partial charge < -0.3 is 15.2 Å². The molecule has 0 amide bonds. The van der Waals surface area contributed by atoms with Crippen LogP contribution < -0.4 is 5.32 Å². The van der Waals surface area contributed by atoms with E-state index in [1.807, 2.05) is 12.1 Å². The molecule has 2 N–H and O–H groups in total. The molecule has 128 valence electrons. The van der Waals surface area contributed by atoms with Gasteiger partial charge in [-0.15, -0.1) is 5.10 Å². The van der Waals surface area contributed by atoms with Crippen LogP contribution in [0.25, 0.3) is 0 Å². The maximum Gasteiger partial charge on any atom is 0.148 e. The number of morpholine rings is 1. The van der Waals surface area contributed by atoms with E-state index in [0.29, 0.717) is 32.1 Å². The molecule has 7 heteroatoms. The number of ether oxygens (including phenoxy) is 1. The SMILES string of the molecule is O[C@@H](CN1CCO[C@@H](CNc2cccnn2)C1)c1ccc(F)cc1. The number of nitrogens with zero attached hydrogens (tertiary/aromatic N) is 3. The van der Waals surface area contributed by atoms with Crippen LogP contribution >= 0.6 is 0 Å². The van der Waals surface area contributed by atoms with Crippen molar-refractivity contribution in [3.05, 3.63) is 54.0 Å². The second-order valence-electron chi connectivity index (χ2n) is 5.81. The first-order valence-corrected chi connectivity index (χ1v) is 8.00. The van der Waals surface area contributed by atoms with E-state index in [9.17, 15) is 9.50 Å². The van der Waals surface area contributed by atoms with Gasteiger partial charge in [0.05, 0.1) is 18.8 Å². The summed E-state index contributed by atoms with van der Waals surface area (Å²) in [5.41, 5.74) is 0.720. The van der Waals surface area contributed by atoms with E-state index in [1.54, 1.807) is 18.3 Å². The Hall–Kier alpha value is -2.09. The smallest absolute Gasteiger partial charge is 0.148 e. The second kappa shape index (κ2) is 8.14. The lowest BCUT2D eigenvalue weighted by atomic mass is 10.1. The highest BCUT2D eigenvalue weighted by Gasteiger charge is 2.22. The van der Waals surface area contributed by atoms with Crippen LogP contribution in [0.3, 0.4) is 0 Å². The zero-order valence-corrected chi connectivity index (χ0v) is 13.3. The molecule has 1 aliphatic rings. The summed E-state index contributed by atoms with van der Waals surface area (Å²) >= 11 is 0. The van der Waals surface area contributed by atoms with Gasteiger partial charge in [-0.3, -0.25) is 4.90 Å². The quantitative estimate of drug-likeness (QED) is 0.835. The molecule has 3 rings (SSSR count). The highest BCUT2D eigenvalue weighted by molar-refractivity contribution is 5.31. The number of aliphatic hydroxyl groups excluding tert-OH is 1. The van der Waals surface area contributed by atoms with Gasteiger partial charge in [0.2, 0.25) is 0 Å². The summed E-state index contributed by atoms with van der Waals surface area (Å²) in [6, 6.07) is 9.65. The maximum atomic E-state index is 13.0. The van der Waals surface area contributed by atoms with E-state index in [0.717, 1.165) is 12.1 Å². The molecule has 0 saturated carbocycles. The highest BCUT2D eigenvalue weighted by atomic mass is 19.1. The second-order valence-corrected chi connectivity index (χ2v) is 5.81.